The zero-order chi connectivity index (χ0) is 15.1. The maximum Gasteiger partial charge on any atom is 0.236 e. The van der Waals surface area contributed by atoms with Crippen LogP contribution in [0.25, 0.3) is 0 Å². The third-order valence-corrected chi connectivity index (χ3v) is 3.36. The highest BCUT2D eigenvalue weighted by Crippen LogP contribution is 2.12. The summed E-state index contributed by atoms with van der Waals surface area (Å²) in [5.41, 5.74) is 0.816. The van der Waals surface area contributed by atoms with Gasteiger partial charge >= 0.3 is 0 Å². The average molecular weight is 288 g/mol. The van der Waals surface area contributed by atoms with Crippen LogP contribution in [0.15, 0.2) is 24.3 Å². The van der Waals surface area contributed by atoms with Crippen LogP contribution < -0.4 is 4.74 Å². The Morgan fingerprint density at radius 3 is 3.00 bits per heavy atom. The van der Waals surface area contributed by atoms with Gasteiger partial charge in [-0.05, 0) is 18.2 Å². The van der Waals surface area contributed by atoms with Gasteiger partial charge in [0.1, 0.15) is 19.0 Å². The Labute approximate surface area is 125 Å². The summed E-state index contributed by atoms with van der Waals surface area (Å²) in [6.45, 7) is 3.23. The number of ether oxygens (including phenoxy) is 1. The Morgan fingerprint density at radius 2 is 2.24 bits per heavy atom. The van der Waals surface area contributed by atoms with E-state index in [0.717, 1.165) is 30.9 Å². The number of carbonyl (C=O) groups is 1. The van der Waals surface area contributed by atoms with Gasteiger partial charge in [-0.1, -0.05) is 17.9 Å². The number of hydrogen-bond donors (Lipinski definition) is 1. The van der Waals surface area contributed by atoms with Crippen molar-refractivity contribution in [2.75, 3.05) is 46.4 Å². The summed E-state index contributed by atoms with van der Waals surface area (Å²) in [7, 11) is 1.83. The molecule has 0 saturated carbocycles. The molecule has 1 amide bonds. The van der Waals surface area contributed by atoms with Crippen LogP contribution in [0.1, 0.15) is 5.56 Å². The molecule has 0 atom stereocenters. The van der Waals surface area contributed by atoms with E-state index in [2.05, 4.69) is 16.7 Å². The number of aliphatic hydroxyl groups is 1. The van der Waals surface area contributed by atoms with Gasteiger partial charge in [-0.3, -0.25) is 9.69 Å². The molecule has 5 nitrogen and oxygen atoms in total. The van der Waals surface area contributed by atoms with Crippen LogP contribution in [0.3, 0.4) is 0 Å². The summed E-state index contributed by atoms with van der Waals surface area (Å²) in [6.07, 6.45) is 0. The molecule has 1 heterocycles. The minimum absolute atomic E-state index is 0.150. The quantitative estimate of drug-likeness (QED) is 0.803. The number of rotatable bonds is 4. The zero-order valence-corrected chi connectivity index (χ0v) is 12.2. The summed E-state index contributed by atoms with van der Waals surface area (Å²) >= 11 is 0. The Balaban J connectivity index is 1.79. The lowest BCUT2D eigenvalue weighted by molar-refractivity contribution is -0.134. The van der Waals surface area contributed by atoms with Gasteiger partial charge < -0.3 is 14.7 Å². The average Bonchev–Trinajstić information content (AvgIpc) is 2.49. The topological polar surface area (TPSA) is 53.0 Å². The van der Waals surface area contributed by atoms with Gasteiger partial charge in [0.05, 0.1) is 6.54 Å². The molecule has 1 aromatic carbocycles. The van der Waals surface area contributed by atoms with Gasteiger partial charge in [0, 0.05) is 32.2 Å². The van der Waals surface area contributed by atoms with Crippen LogP contribution in [0.2, 0.25) is 0 Å². The Bertz CT molecular complexity index is 548. The number of piperazine rings is 1. The smallest absolute Gasteiger partial charge is 0.236 e. The highest BCUT2D eigenvalue weighted by molar-refractivity contribution is 5.78. The number of aliphatic hydroxyl groups excluding tert-OH is 1. The molecule has 21 heavy (non-hydrogen) atoms. The van der Waals surface area contributed by atoms with Crippen LogP contribution in [-0.4, -0.2) is 67.3 Å². The maximum absolute atomic E-state index is 11.6. The minimum Gasteiger partial charge on any atom is -0.492 e. The number of hydrogen-bond acceptors (Lipinski definition) is 4. The first-order chi connectivity index (χ1) is 10.2. The van der Waals surface area contributed by atoms with Crippen LogP contribution in [-0.2, 0) is 4.79 Å². The van der Waals surface area contributed by atoms with Gasteiger partial charge in [0.25, 0.3) is 0 Å². The van der Waals surface area contributed by atoms with Crippen molar-refractivity contribution >= 4 is 5.91 Å². The van der Waals surface area contributed by atoms with Crippen LogP contribution in [0.5, 0.6) is 5.75 Å². The largest absolute Gasteiger partial charge is 0.492 e. The van der Waals surface area contributed by atoms with Crippen molar-refractivity contribution in [1.29, 1.82) is 0 Å². The van der Waals surface area contributed by atoms with Crippen molar-refractivity contribution in [3.8, 4) is 17.6 Å². The van der Waals surface area contributed by atoms with E-state index < -0.39 is 0 Å². The van der Waals surface area contributed by atoms with Gasteiger partial charge in [0.2, 0.25) is 5.91 Å². The maximum atomic E-state index is 11.6. The first-order valence-electron chi connectivity index (χ1n) is 6.98. The molecule has 1 fully saturated rings. The monoisotopic (exact) mass is 288 g/mol. The third kappa shape index (κ3) is 4.78. The first-order valence-corrected chi connectivity index (χ1v) is 6.98. The predicted molar refractivity (Wildman–Crippen MR) is 80.0 cm³/mol. The molecule has 0 radical (unpaired) electrons. The number of benzene rings is 1. The van der Waals surface area contributed by atoms with Crippen molar-refractivity contribution < 1.29 is 14.6 Å². The molecule has 0 aliphatic carbocycles. The van der Waals surface area contributed by atoms with E-state index in [1.807, 2.05) is 31.3 Å². The van der Waals surface area contributed by atoms with Crippen molar-refractivity contribution in [2.24, 2.45) is 0 Å². The first kappa shape index (κ1) is 15.4. The van der Waals surface area contributed by atoms with E-state index in [0.29, 0.717) is 13.2 Å². The van der Waals surface area contributed by atoms with E-state index in [1.54, 1.807) is 4.90 Å². The third-order valence-electron chi connectivity index (χ3n) is 3.36. The molecule has 0 spiro atoms. The summed E-state index contributed by atoms with van der Waals surface area (Å²) in [5.74, 6) is 6.36. The molecule has 2 rings (SSSR count). The molecule has 0 aromatic heterocycles. The van der Waals surface area contributed by atoms with E-state index >= 15 is 0 Å². The molecule has 5 heteroatoms. The fraction of sp³-hybridized carbons (Fsp3) is 0.438. The molecule has 1 N–H and O–H groups in total. The summed E-state index contributed by atoms with van der Waals surface area (Å²) in [5, 5.41) is 8.68. The van der Waals surface area contributed by atoms with Crippen molar-refractivity contribution in [2.45, 2.75) is 0 Å². The van der Waals surface area contributed by atoms with E-state index in [1.165, 1.54) is 0 Å². The molecule has 112 valence electrons. The van der Waals surface area contributed by atoms with Gasteiger partial charge in [-0.2, -0.15) is 0 Å². The SMILES string of the molecule is CN1CCN(CCOc2cccc(C#CCO)c2)CC1=O. The van der Waals surface area contributed by atoms with Gasteiger partial charge in [0.15, 0.2) is 0 Å². The second-order valence-electron chi connectivity index (χ2n) is 4.93. The lowest BCUT2D eigenvalue weighted by Crippen LogP contribution is -2.49. The van der Waals surface area contributed by atoms with Gasteiger partial charge in [-0.15, -0.1) is 0 Å². The molecule has 1 aliphatic rings. The highest BCUT2D eigenvalue weighted by atomic mass is 16.5. The second kappa shape index (κ2) is 7.67. The Morgan fingerprint density at radius 1 is 1.38 bits per heavy atom. The lowest BCUT2D eigenvalue weighted by atomic mass is 10.2. The van der Waals surface area contributed by atoms with E-state index in [9.17, 15) is 4.79 Å². The zero-order valence-electron chi connectivity index (χ0n) is 12.2. The van der Waals surface area contributed by atoms with E-state index in [4.69, 9.17) is 9.84 Å². The molecule has 1 saturated heterocycles. The molecular formula is C16H20N2O3. The second-order valence-corrected chi connectivity index (χ2v) is 4.93. The van der Waals surface area contributed by atoms with Crippen molar-refractivity contribution in [1.82, 2.24) is 9.80 Å². The van der Waals surface area contributed by atoms with E-state index in [-0.39, 0.29) is 12.5 Å². The molecule has 0 bridgehead atoms. The Kier molecular flexibility index (Phi) is 5.61. The summed E-state index contributed by atoms with van der Waals surface area (Å²) < 4.78 is 5.69. The summed E-state index contributed by atoms with van der Waals surface area (Å²) in [4.78, 5) is 15.4. The van der Waals surface area contributed by atoms with Crippen LogP contribution in [0.4, 0.5) is 0 Å². The lowest BCUT2D eigenvalue weighted by Gasteiger charge is -2.31. The number of carbonyl (C=O) groups excluding carboxylic acids is 1. The normalized spacial score (nSPS) is 15.5. The fourth-order valence-corrected chi connectivity index (χ4v) is 2.10. The van der Waals surface area contributed by atoms with Gasteiger partial charge in [-0.25, -0.2) is 0 Å². The Hall–Kier alpha value is -2.03. The van der Waals surface area contributed by atoms with Crippen molar-refractivity contribution in [3.63, 3.8) is 0 Å². The standard InChI is InChI=1S/C16H20N2O3/c1-17-7-8-18(13-16(17)20)9-11-21-15-6-2-4-14(12-15)5-3-10-19/h2,4,6,12,19H,7-11,13H2,1H3. The van der Waals surface area contributed by atoms with Crippen LogP contribution >= 0.6 is 0 Å². The predicted octanol–water partition coefficient (Wildman–Crippen LogP) is 0.183. The molecule has 1 aliphatic heterocycles. The minimum atomic E-state index is -0.150. The molecular weight excluding hydrogens is 268 g/mol. The fourth-order valence-electron chi connectivity index (χ4n) is 2.10. The van der Waals surface area contributed by atoms with Crippen molar-refractivity contribution in [3.05, 3.63) is 29.8 Å². The summed E-state index contributed by atoms with van der Waals surface area (Å²) in [6, 6.07) is 7.46. The number of nitrogens with zero attached hydrogens (tertiary/aromatic N) is 2. The van der Waals surface area contributed by atoms with Crippen LogP contribution in [0, 0.1) is 11.8 Å². The number of likely N-dealkylation sites (N-methyl/N-ethyl adjacent to an activating group) is 1. The molecule has 0 unspecified atom stereocenters. The highest BCUT2D eigenvalue weighted by Gasteiger charge is 2.20. The molecule has 1 aromatic rings. The number of amides is 1.